The first-order valence-corrected chi connectivity index (χ1v) is 6.34. The quantitative estimate of drug-likeness (QED) is 0.920. The predicted molar refractivity (Wildman–Crippen MR) is 74.6 cm³/mol. The van der Waals surface area contributed by atoms with Crippen molar-refractivity contribution in [2.75, 3.05) is 13.7 Å². The van der Waals surface area contributed by atoms with Crippen molar-refractivity contribution in [3.05, 3.63) is 65.7 Å². The number of rotatable bonds is 5. The highest BCUT2D eigenvalue weighted by Crippen LogP contribution is 2.23. The zero-order valence-corrected chi connectivity index (χ0v) is 11.4. The van der Waals surface area contributed by atoms with Crippen LogP contribution >= 0.6 is 0 Å². The molecule has 1 atom stereocenters. The van der Waals surface area contributed by atoms with Gasteiger partial charge in [-0.3, -0.25) is 5.32 Å². The Hall–Kier alpha value is -2.45. The molecule has 0 saturated heterocycles. The van der Waals surface area contributed by atoms with Crippen molar-refractivity contribution >= 4 is 0 Å². The van der Waals surface area contributed by atoms with Crippen LogP contribution in [0.4, 0.5) is 8.78 Å². The Morgan fingerprint density at radius 2 is 1.76 bits per heavy atom. The lowest BCUT2D eigenvalue weighted by Crippen LogP contribution is -2.44. The maximum Gasteiger partial charge on any atom is 0.166 e. The molecule has 3 nitrogen and oxygen atoms in total. The summed E-state index contributed by atoms with van der Waals surface area (Å²) in [5.41, 5.74) is -0.379. The van der Waals surface area contributed by atoms with Crippen LogP contribution in [0.25, 0.3) is 0 Å². The molecule has 0 aliphatic rings. The van der Waals surface area contributed by atoms with Crippen molar-refractivity contribution in [3.8, 4) is 11.8 Å². The first-order chi connectivity index (χ1) is 10.1. The molecule has 2 rings (SSSR count). The summed E-state index contributed by atoms with van der Waals surface area (Å²) >= 11 is 0. The molecule has 0 saturated carbocycles. The summed E-state index contributed by atoms with van der Waals surface area (Å²) in [7, 11) is 1.63. The van der Waals surface area contributed by atoms with E-state index < -0.39 is 17.2 Å². The molecule has 0 spiro atoms. The Balaban J connectivity index is 2.23. The highest BCUT2D eigenvalue weighted by atomic mass is 19.1. The summed E-state index contributed by atoms with van der Waals surface area (Å²) in [6.45, 7) is -0.0765. The van der Waals surface area contributed by atoms with E-state index in [1.165, 1.54) is 0 Å². The van der Waals surface area contributed by atoms with E-state index in [9.17, 15) is 14.0 Å². The Morgan fingerprint density at radius 1 is 1.14 bits per heavy atom. The zero-order chi connectivity index (χ0) is 15.3. The van der Waals surface area contributed by atoms with E-state index in [2.05, 4.69) is 11.4 Å². The van der Waals surface area contributed by atoms with Crippen LogP contribution in [0.3, 0.4) is 0 Å². The molecule has 21 heavy (non-hydrogen) atoms. The Labute approximate surface area is 121 Å². The number of ether oxygens (including phenoxy) is 1. The molecule has 0 bridgehead atoms. The van der Waals surface area contributed by atoms with E-state index in [1.807, 2.05) is 6.07 Å². The lowest BCUT2D eigenvalue weighted by Gasteiger charge is -2.26. The maximum absolute atomic E-state index is 13.1. The molecule has 0 fully saturated rings. The molecule has 2 aromatic rings. The van der Waals surface area contributed by atoms with Gasteiger partial charge < -0.3 is 4.74 Å². The van der Waals surface area contributed by atoms with Gasteiger partial charge in [-0.25, -0.2) is 8.78 Å². The van der Waals surface area contributed by atoms with Crippen molar-refractivity contribution < 1.29 is 13.5 Å². The lowest BCUT2D eigenvalue weighted by molar-refractivity contribution is 0.229. The third kappa shape index (κ3) is 3.36. The van der Waals surface area contributed by atoms with Gasteiger partial charge in [0.25, 0.3) is 0 Å². The Kier molecular flexibility index (Phi) is 4.51. The average molecular weight is 288 g/mol. The van der Waals surface area contributed by atoms with Crippen LogP contribution < -0.4 is 10.1 Å². The lowest BCUT2D eigenvalue weighted by atomic mass is 9.92. The Bertz CT molecular complexity index is 635. The number of nitriles is 1. The molecule has 5 heteroatoms. The van der Waals surface area contributed by atoms with Crippen molar-refractivity contribution in [2.24, 2.45) is 0 Å². The molecule has 0 heterocycles. The third-order valence-corrected chi connectivity index (χ3v) is 3.18. The number of likely N-dealkylation sites (N-methyl/N-ethyl adjacent to an activating group) is 1. The molecular weight excluding hydrogens is 274 g/mol. The standard InChI is InChI=1S/C16H14F2N2O/c1-20-16(10-19,12-5-3-2-4-6-12)11-21-15-8-13(17)7-14(18)9-15/h2-9,20H,11H2,1H3. The molecule has 108 valence electrons. The second-order valence-corrected chi connectivity index (χ2v) is 4.53. The van der Waals surface area contributed by atoms with E-state index in [1.54, 1.807) is 31.3 Å². The molecule has 0 aromatic heterocycles. The van der Waals surface area contributed by atoms with Crippen molar-refractivity contribution in [1.82, 2.24) is 5.32 Å². The summed E-state index contributed by atoms with van der Waals surface area (Å²) < 4.78 is 31.7. The SMILES string of the molecule is CNC(C#N)(COc1cc(F)cc(F)c1)c1ccccc1. The summed E-state index contributed by atoms with van der Waals surface area (Å²) in [5, 5.41) is 12.4. The van der Waals surface area contributed by atoms with Crippen LogP contribution in [0, 0.1) is 23.0 Å². The molecular formula is C16H14F2N2O. The average Bonchev–Trinajstić information content (AvgIpc) is 2.49. The van der Waals surface area contributed by atoms with Gasteiger partial charge in [-0.2, -0.15) is 5.26 Å². The summed E-state index contributed by atoms with van der Waals surface area (Å²) in [4.78, 5) is 0. The van der Waals surface area contributed by atoms with Crippen LogP contribution in [0.15, 0.2) is 48.5 Å². The molecule has 1 unspecified atom stereocenters. The smallest absolute Gasteiger partial charge is 0.166 e. The van der Waals surface area contributed by atoms with E-state index in [0.29, 0.717) is 5.56 Å². The monoisotopic (exact) mass is 288 g/mol. The minimum Gasteiger partial charge on any atom is -0.490 e. The van der Waals surface area contributed by atoms with E-state index >= 15 is 0 Å². The molecule has 2 aromatic carbocycles. The summed E-state index contributed by atoms with van der Waals surface area (Å²) in [6.07, 6.45) is 0. The highest BCUT2D eigenvalue weighted by Gasteiger charge is 2.31. The summed E-state index contributed by atoms with van der Waals surface area (Å²) in [6, 6.07) is 14.1. The van der Waals surface area contributed by atoms with E-state index in [-0.39, 0.29) is 12.4 Å². The van der Waals surface area contributed by atoms with Crippen LogP contribution in [-0.2, 0) is 5.54 Å². The molecule has 1 N–H and O–H groups in total. The molecule has 0 aliphatic heterocycles. The number of benzene rings is 2. The fourth-order valence-corrected chi connectivity index (χ4v) is 1.98. The number of hydrogen-bond acceptors (Lipinski definition) is 3. The van der Waals surface area contributed by atoms with Gasteiger partial charge in [-0.05, 0) is 12.6 Å². The van der Waals surface area contributed by atoms with Crippen LogP contribution in [-0.4, -0.2) is 13.7 Å². The minimum atomic E-state index is -1.09. The van der Waals surface area contributed by atoms with Gasteiger partial charge in [-0.15, -0.1) is 0 Å². The normalized spacial score (nSPS) is 13.2. The van der Waals surface area contributed by atoms with Crippen LogP contribution in [0.1, 0.15) is 5.56 Å². The van der Waals surface area contributed by atoms with Crippen molar-refractivity contribution in [1.29, 1.82) is 5.26 Å². The van der Waals surface area contributed by atoms with Gasteiger partial charge in [-0.1, -0.05) is 30.3 Å². The van der Waals surface area contributed by atoms with Crippen molar-refractivity contribution in [3.63, 3.8) is 0 Å². The fraction of sp³-hybridized carbons (Fsp3) is 0.188. The number of halogens is 2. The van der Waals surface area contributed by atoms with Crippen LogP contribution in [0.5, 0.6) is 5.75 Å². The number of hydrogen-bond donors (Lipinski definition) is 1. The Morgan fingerprint density at radius 3 is 2.29 bits per heavy atom. The number of nitrogens with zero attached hydrogens (tertiary/aromatic N) is 1. The third-order valence-electron chi connectivity index (χ3n) is 3.18. The first-order valence-electron chi connectivity index (χ1n) is 6.34. The van der Waals surface area contributed by atoms with Gasteiger partial charge >= 0.3 is 0 Å². The fourth-order valence-electron chi connectivity index (χ4n) is 1.98. The number of nitrogens with one attached hydrogen (secondary N) is 1. The zero-order valence-electron chi connectivity index (χ0n) is 11.4. The largest absolute Gasteiger partial charge is 0.490 e. The maximum atomic E-state index is 13.1. The van der Waals surface area contributed by atoms with Gasteiger partial charge in [0.2, 0.25) is 0 Å². The topological polar surface area (TPSA) is 45.0 Å². The van der Waals surface area contributed by atoms with E-state index in [0.717, 1.165) is 18.2 Å². The second kappa shape index (κ2) is 6.33. The highest BCUT2D eigenvalue weighted by molar-refractivity contribution is 5.32. The molecule has 0 amide bonds. The van der Waals surface area contributed by atoms with Crippen LogP contribution in [0.2, 0.25) is 0 Å². The van der Waals surface area contributed by atoms with Gasteiger partial charge in [0, 0.05) is 18.2 Å². The first kappa shape index (κ1) is 14.9. The van der Waals surface area contributed by atoms with Gasteiger partial charge in [0.05, 0.1) is 6.07 Å². The van der Waals surface area contributed by atoms with Crippen molar-refractivity contribution in [2.45, 2.75) is 5.54 Å². The molecule has 0 radical (unpaired) electrons. The molecule has 0 aliphatic carbocycles. The second-order valence-electron chi connectivity index (χ2n) is 4.53. The van der Waals surface area contributed by atoms with Gasteiger partial charge in [0.15, 0.2) is 5.54 Å². The predicted octanol–water partition coefficient (Wildman–Crippen LogP) is 2.98. The minimum absolute atomic E-state index is 0.0401. The summed E-state index contributed by atoms with van der Waals surface area (Å²) in [5.74, 6) is -1.41. The van der Waals surface area contributed by atoms with Gasteiger partial charge in [0.1, 0.15) is 24.0 Å². The van der Waals surface area contributed by atoms with E-state index in [4.69, 9.17) is 4.74 Å².